The lowest BCUT2D eigenvalue weighted by Gasteiger charge is -2.33. The lowest BCUT2D eigenvalue weighted by Crippen LogP contribution is -2.42. The summed E-state index contributed by atoms with van der Waals surface area (Å²) in [5.41, 5.74) is 0.377. The molecule has 120 valence electrons. The Kier molecular flexibility index (Phi) is 3.51. The van der Waals surface area contributed by atoms with E-state index in [2.05, 4.69) is 63.0 Å². The number of fused-ring (bicyclic) bond motifs is 2. The number of alkyl halides is 1. The first-order valence-corrected chi connectivity index (χ1v) is 9.19. The third-order valence-corrected chi connectivity index (χ3v) is 7.49. The summed E-state index contributed by atoms with van der Waals surface area (Å²) in [5.74, 6) is -0.106. The van der Waals surface area contributed by atoms with Crippen LogP contribution < -0.4 is 0 Å². The van der Waals surface area contributed by atoms with Crippen LogP contribution in [-0.4, -0.2) is 33.3 Å². The van der Waals surface area contributed by atoms with Gasteiger partial charge in [-0.3, -0.25) is 9.80 Å². The first kappa shape index (κ1) is 15.2. The van der Waals surface area contributed by atoms with Crippen LogP contribution in [0.5, 0.6) is 0 Å². The number of rotatable bonds is 4. The van der Waals surface area contributed by atoms with Gasteiger partial charge in [-0.25, -0.2) is 0 Å². The minimum Gasteiger partial charge on any atom is -0.457 e. The topological polar surface area (TPSA) is 41.7 Å². The lowest BCUT2D eigenvalue weighted by atomic mass is 9.73. The van der Waals surface area contributed by atoms with Crippen LogP contribution in [0.25, 0.3) is 0 Å². The van der Waals surface area contributed by atoms with Gasteiger partial charge in [0.2, 0.25) is 0 Å². The standard InChI is InChI=1S/C18H19IN2O2/c1-17-8-5-9-18(15(17)19,16(22)23-17)10-11-20-21-12-14(21)13-6-3-2-4-7-13/h2-7,9,11,14-15H,8,10,12H2,1H3/b20-11+/t14?,15?,17-,18-,21?/m1/s1. The van der Waals surface area contributed by atoms with Crippen molar-refractivity contribution in [2.75, 3.05) is 6.54 Å². The number of ether oxygens (including phenoxy) is 1. The van der Waals surface area contributed by atoms with Gasteiger partial charge in [-0.2, -0.15) is 5.10 Å². The molecule has 3 aliphatic rings. The number of benzene rings is 1. The van der Waals surface area contributed by atoms with Crippen molar-refractivity contribution in [1.82, 2.24) is 5.01 Å². The van der Waals surface area contributed by atoms with E-state index in [1.807, 2.05) is 25.3 Å². The second-order valence-electron chi connectivity index (χ2n) is 6.76. The van der Waals surface area contributed by atoms with Crippen molar-refractivity contribution >= 4 is 34.8 Å². The zero-order chi connectivity index (χ0) is 16.1. The van der Waals surface area contributed by atoms with Crippen LogP contribution in [0.15, 0.2) is 47.6 Å². The van der Waals surface area contributed by atoms with Crippen LogP contribution in [0, 0.1) is 5.41 Å². The van der Waals surface area contributed by atoms with E-state index in [4.69, 9.17) is 4.74 Å². The predicted octanol–water partition coefficient (Wildman–Crippen LogP) is 3.48. The van der Waals surface area contributed by atoms with Crippen molar-refractivity contribution in [2.24, 2.45) is 10.5 Å². The van der Waals surface area contributed by atoms with E-state index in [0.29, 0.717) is 12.5 Å². The summed E-state index contributed by atoms with van der Waals surface area (Å²) in [6.07, 6.45) is 7.40. The summed E-state index contributed by atoms with van der Waals surface area (Å²) in [5, 5.41) is 6.61. The highest BCUT2D eigenvalue weighted by Crippen LogP contribution is 2.53. The summed E-state index contributed by atoms with van der Waals surface area (Å²) < 4.78 is 5.82. The molecular formula is C18H19IN2O2. The Morgan fingerprint density at radius 3 is 3.00 bits per heavy atom. The van der Waals surface area contributed by atoms with E-state index in [-0.39, 0.29) is 15.5 Å². The number of halogens is 1. The third-order valence-electron chi connectivity index (χ3n) is 5.06. The van der Waals surface area contributed by atoms with Gasteiger partial charge in [0.15, 0.2) is 0 Å². The van der Waals surface area contributed by atoms with Gasteiger partial charge in [-0.05, 0) is 12.5 Å². The molecule has 4 rings (SSSR count). The van der Waals surface area contributed by atoms with Crippen LogP contribution in [0.2, 0.25) is 0 Å². The van der Waals surface area contributed by atoms with E-state index in [1.54, 1.807) is 0 Å². The zero-order valence-corrected chi connectivity index (χ0v) is 15.1. The molecule has 5 heteroatoms. The maximum absolute atomic E-state index is 12.4. The minimum absolute atomic E-state index is 0.106. The summed E-state index contributed by atoms with van der Waals surface area (Å²) in [7, 11) is 0. The highest BCUT2D eigenvalue weighted by Gasteiger charge is 2.61. The first-order chi connectivity index (χ1) is 11.1. The van der Waals surface area contributed by atoms with Gasteiger partial charge in [0, 0.05) is 19.1 Å². The van der Waals surface area contributed by atoms with Gasteiger partial charge >= 0.3 is 5.97 Å². The maximum atomic E-state index is 12.4. The predicted molar refractivity (Wildman–Crippen MR) is 97.5 cm³/mol. The summed E-state index contributed by atoms with van der Waals surface area (Å²) >= 11 is 2.37. The van der Waals surface area contributed by atoms with Crippen molar-refractivity contribution < 1.29 is 9.53 Å². The van der Waals surface area contributed by atoms with Crippen molar-refractivity contribution in [1.29, 1.82) is 0 Å². The maximum Gasteiger partial charge on any atom is 0.318 e. The monoisotopic (exact) mass is 422 g/mol. The van der Waals surface area contributed by atoms with Gasteiger partial charge in [0.25, 0.3) is 0 Å². The largest absolute Gasteiger partial charge is 0.457 e. The first-order valence-electron chi connectivity index (χ1n) is 7.94. The van der Waals surface area contributed by atoms with E-state index < -0.39 is 5.41 Å². The number of nitrogens with zero attached hydrogens (tertiary/aromatic N) is 2. The molecule has 23 heavy (non-hydrogen) atoms. The molecule has 4 nitrogen and oxygen atoms in total. The molecule has 2 heterocycles. The van der Waals surface area contributed by atoms with Crippen molar-refractivity contribution in [2.45, 2.75) is 35.3 Å². The molecule has 0 radical (unpaired) electrons. The Balaban J connectivity index is 1.45. The van der Waals surface area contributed by atoms with E-state index in [0.717, 1.165) is 13.0 Å². The highest BCUT2D eigenvalue weighted by atomic mass is 127. The molecule has 1 aliphatic carbocycles. The molecule has 2 bridgehead atoms. The minimum atomic E-state index is -0.546. The van der Waals surface area contributed by atoms with Gasteiger partial charge in [-0.1, -0.05) is 65.1 Å². The van der Waals surface area contributed by atoms with Gasteiger partial charge in [0.1, 0.15) is 11.0 Å². The fraction of sp³-hybridized carbons (Fsp3) is 0.444. The molecule has 0 saturated carbocycles. The molecule has 0 spiro atoms. The smallest absolute Gasteiger partial charge is 0.318 e. The van der Waals surface area contributed by atoms with Crippen LogP contribution >= 0.6 is 22.6 Å². The van der Waals surface area contributed by atoms with Gasteiger partial charge < -0.3 is 4.74 Å². The molecule has 1 aromatic rings. The van der Waals surface area contributed by atoms with Crippen LogP contribution in [0.1, 0.15) is 31.4 Å². The normalized spacial score (nSPS) is 38.2. The second-order valence-corrected chi connectivity index (χ2v) is 8.01. The van der Waals surface area contributed by atoms with E-state index >= 15 is 0 Å². The average molecular weight is 422 g/mol. The summed E-state index contributed by atoms with van der Waals surface area (Å²) in [4.78, 5) is 12.4. The van der Waals surface area contributed by atoms with Crippen molar-refractivity contribution in [3.8, 4) is 0 Å². The number of hydrogen-bond donors (Lipinski definition) is 0. The number of esters is 1. The van der Waals surface area contributed by atoms with Crippen molar-refractivity contribution in [3.63, 3.8) is 0 Å². The number of carbonyl (C=O) groups is 1. The van der Waals surface area contributed by atoms with E-state index in [1.165, 1.54) is 5.56 Å². The molecule has 2 fully saturated rings. The third kappa shape index (κ3) is 2.40. The molecule has 0 amide bonds. The Hall–Kier alpha value is -1.37. The Morgan fingerprint density at radius 1 is 1.43 bits per heavy atom. The zero-order valence-electron chi connectivity index (χ0n) is 13.0. The Morgan fingerprint density at radius 2 is 2.22 bits per heavy atom. The molecule has 0 aromatic heterocycles. The van der Waals surface area contributed by atoms with Crippen LogP contribution in [0.4, 0.5) is 0 Å². The molecule has 2 unspecified atom stereocenters. The average Bonchev–Trinajstić information content (AvgIpc) is 3.30. The van der Waals surface area contributed by atoms with E-state index in [9.17, 15) is 4.79 Å². The molecule has 0 N–H and O–H groups in total. The SMILES string of the molecule is C[C@]12CC=C[C@](C/C=N/N3CC3c3ccccc3)(C(=O)O1)C2I. The molecule has 2 aliphatic heterocycles. The molecule has 1 aromatic carbocycles. The fourth-order valence-corrected chi connectivity index (χ4v) is 4.67. The quantitative estimate of drug-likeness (QED) is 0.186. The number of carbonyl (C=O) groups excluding carboxylic acids is 1. The Bertz CT molecular complexity index is 690. The number of hydrazone groups is 1. The van der Waals surface area contributed by atoms with Gasteiger partial charge in [-0.15, -0.1) is 0 Å². The summed E-state index contributed by atoms with van der Waals surface area (Å²) in [6, 6.07) is 10.8. The lowest BCUT2D eigenvalue weighted by molar-refractivity contribution is -0.150. The fourth-order valence-electron chi connectivity index (χ4n) is 3.57. The number of hydrogen-bond acceptors (Lipinski definition) is 4. The van der Waals surface area contributed by atoms with Crippen LogP contribution in [-0.2, 0) is 9.53 Å². The van der Waals surface area contributed by atoms with Crippen LogP contribution in [0.3, 0.4) is 0 Å². The highest BCUT2D eigenvalue weighted by molar-refractivity contribution is 14.1. The second kappa shape index (κ2) is 5.33. The van der Waals surface area contributed by atoms with Crippen molar-refractivity contribution in [3.05, 3.63) is 48.0 Å². The molecular weight excluding hydrogens is 403 g/mol. The summed E-state index contributed by atoms with van der Waals surface area (Å²) in [6.45, 7) is 2.97. The Labute approximate surface area is 149 Å². The molecule has 2 saturated heterocycles. The molecule has 4 atom stereocenters. The van der Waals surface area contributed by atoms with Gasteiger partial charge in [0.05, 0.1) is 16.5 Å².